The van der Waals surface area contributed by atoms with Crippen LogP contribution in [0.4, 0.5) is 17.1 Å². The van der Waals surface area contributed by atoms with Crippen LogP contribution in [0.5, 0.6) is 0 Å². The molecule has 0 aromatic heterocycles. The molecule has 0 radical (unpaired) electrons. The van der Waals surface area contributed by atoms with Crippen molar-refractivity contribution in [1.29, 1.82) is 0 Å². The number of rotatable bonds is 5. The summed E-state index contributed by atoms with van der Waals surface area (Å²) in [7, 11) is 0. The minimum absolute atomic E-state index is 0.0879. The fraction of sp³-hybridized carbons (Fsp3) is 0.316. The highest BCUT2D eigenvalue weighted by molar-refractivity contribution is 6.30. The number of amides is 1. The topological polar surface area (TPSA) is 53.6 Å². The molecule has 1 saturated heterocycles. The molecule has 132 valence electrons. The average molecular weight is 360 g/mol. The molecule has 1 fully saturated rings. The van der Waals surface area contributed by atoms with Gasteiger partial charge in [-0.3, -0.25) is 4.79 Å². The van der Waals surface area contributed by atoms with Gasteiger partial charge < -0.3 is 20.3 Å². The fourth-order valence-electron chi connectivity index (χ4n) is 2.85. The van der Waals surface area contributed by atoms with Gasteiger partial charge in [0, 0.05) is 23.8 Å². The number of carbonyl (C=O) groups excluding carboxylic acids is 1. The van der Waals surface area contributed by atoms with Crippen molar-refractivity contribution < 1.29 is 9.53 Å². The van der Waals surface area contributed by atoms with Gasteiger partial charge in [-0.25, -0.2) is 0 Å². The Morgan fingerprint density at radius 2 is 1.92 bits per heavy atom. The number of nitrogens with one attached hydrogen (secondary N) is 2. The SMILES string of the molecule is Cc1cc(Cl)ccc1NCC(=O)Nc1ccccc1N1CCOCC1. The molecule has 1 aliphatic rings. The Morgan fingerprint density at radius 3 is 2.68 bits per heavy atom. The zero-order chi connectivity index (χ0) is 17.6. The highest BCUT2D eigenvalue weighted by Crippen LogP contribution is 2.26. The van der Waals surface area contributed by atoms with Crippen molar-refractivity contribution in [2.45, 2.75) is 6.92 Å². The molecule has 2 N–H and O–H groups in total. The van der Waals surface area contributed by atoms with Crippen LogP contribution in [0.25, 0.3) is 0 Å². The standard InChI is InChI=1S/C19H22ClN3O2/c1-14-12-15(20)6-7-16(14)21-13-19(24)22-17-4-2-3-5-18(17)23-8-10-25-11-9-23/h2-7,12,21H,8-11,13H2,1H3,(H,22,24). The zero-order valence-corrected chi connectivity index (χ0v) is 15.0. The van der Waals surface area contributed by atoms with Crippen LogP contribution < -0.4 is 15.5 Å². The first kappa shape index (κ1) is 17.6. The number of nitrogens with zero attached hydrogens (tertiary/aromatic N) is 1. The highest BCUT2D eigenvalue weighted by atomic mass is 35.5. The summed E-state index contributed by atoms with van der Waals surface area (Å²) in [6.45, 7) is 5.23. The van der Waals surface area contributed by atoms with Crippen LogP contribution in [-0.2, 0) is 9.53 Å². The first-order valence-corrected chi connectivity index (χ1v) is 8.73. The summed E-state index contributed by atoms with van der Waals surface area (Å²) in [6, 6.07) is 13.4. The lowest BCUT2D eigenvalue weighted by Crippen LogP contribution is -2.37. The molecule has 0 aliphatic carbocycles. The lowest BCUT2D eigenvalue weighted by molar-refractivity contribution is -0.114. The van der Waals surface area contributed by atoms with Crippen LogP contribution in [-0.4, -0.2) is 38.8 Å². The smallest absolute Gasteiger partial charge is 0.243 e. The molecule has 1 amide bonds. The number of aryl methyl sites for hydroxylation is 1. The third-order valence-electron chi connectivity index (χ3n) is 4.16. The van der Waals surface area contributed by atoms with E-state index in [2.05, 4.69) is 15.5 Å². The van der Waals surface area contributed by atoms with Gasteiger partial charge in [-0.05, 0) is 42.8 Å². The largest absolute Gasteiger partial charge is 0.378 e. The van der Waals surface area contributed by atoms with E-state index in [4.69, 9.17) is 16.3 Å². The van der Waals surface area contributed by atoms with E-state index in [1.807, 2.05) is 49.4 Å². The van der Waals surface area contributed by atoms with E-state index in [-0.39, 0.29) is 12.5 Å². The molecule has 25 heavy (non-hydrogen) atoms. The zero-order valence-electron chi connectivity index (χ0n) is 14.2. The second kappa shape index (κ2) is 8.23. The number of para-hydroxylation sites is 2. The van der Waals surface area contributed by atoms with Crippen LogP contribution in [0, 0.1) is 6.92 Å². The second-order valence-electron chi connectivity index (χ2n) is 5.98. The summed E-state index contributed by atoms with van der Waals surface area (Å²) in [5, 5.41) is 6.84. The van der Waals surface area contributed by atoms with Crippen LogP contribution in [0.1, 0.15) is 5.56 Å². The van der Waals surface area contributed by atoms with Crippen LogP contribution in [0.2, 0.25) is 5.02 Å². The molecule has 2 aromatic rings. The van der Waals surface area contributed by atoms with Crippen molar-refractivity contribution in [1.82, 2.24) is 0 Å². The number of halogens is 1. The lowest BCUT2D eigenvalue weighted by Gasteiger charge is -2.30. The van der Waals surface area contributed by atoms with Gasteiger partial charge in [0.15, 0.2) is 0 Å². The molecule has 3 rings (SSSR count). The van der Waals surface area contributed by atoms with E-state index < -0.39 is 0 Å². The van der Waals surface area contributed by atoms with Gasteiger partial charge in [0.05, 0.1) is 31.1 Å². The van der Waals surface area contributed by atoms with Crippen molar-refractivity contribution in [2.75, 3.05) is 48.4 Å². The minimum Gasteiger partial charge on any atom is -0.378 e. The molecule has 2 aromatic carbocycles. The lowest BCUT2D eigenvalue weighted by atomic mass is 10.2. The maximum absolute atomic E-state index is 12.4. The Morgan fingerprint density at radius 1 is 1.16 bits per heavy atom. The van der Waals surface area contributed by atoms with Gasteiger partial charge in [0.1, 0.15) is 0 Å². The summed E-state index contributed by atoms with van der Waals surface area (Å²) in [5.41, 5.74) is 3.76. The van der Waals surface area contributed by atoms with Crippen molar-refractivity contribution in [3.63, 3.8) is 0 Å². The molecule has 1 heterocycles. The average Bonchev–Trinajstić information content (AvgIpc) is 2.62. The Balaban J connectivity index is 1.63. The summed E-state index contributed by atoms with van der Waals surface area (Å²) >= 11 is 5.96. The Hall–Kier alpha value is -2.24. The number of benzene rings is 2. The summed E-state index contributed by atoms with van der Waals surface area (Å²) < 4.78 is 5.40. The molecule has 0 saturated carbocycles. The number of carbonyl (C=O) groups is 1. The fourth-order valence-corrected chi connectivity index (χ4v) is 3.08. The van der Waals surface area contributed by atoms with Gasteiger partial charge in [0.25, 0.3) is 0 Å². The van der Waals surface area contributed by atoms with E-state index in [1.165, 1.54) is 0 Å². The monoisotopic (exact) mass is 359 g/mol. The summed E-state index contributed by atoms with van der Waals surface area (Å²) in [4.78, 5) is 14.6. The Labute approximate surface area is 152 Å². The number of morpholine rings is 1. The van der Waals surface area contributed by atoms with Crippen molar-refractivity contribution in [3.05, 3.63) is 53.1 Å². The normalized spacial score (nSPS) is 14.2. The van der Waals surface area contributed by atoms with Crippen LogP contribution in [0.3, 0.4) is 0 Å². The molecule has 6 heteroatoms. The molecule has 0 atom stereocenters. The van der Waals surface area contributed by atoms with Crippen LogP contribution >= 0.6 is 11.6 Å². The Kier molecular flexibility index (Phi) is 5.79. The first-order chi connectivity index (χ1) is 12.1. The van der Waals surface area contributed by atoms with E-state index >= 15 is 0 Å². The van der Waals surface area contributed by atoms with Gasteiger partial charge in [-0.15, -0.1) is 0 Å². The third-order valence-corrected chi connectivity index (χ3v) is 4.39. The molecular weight excluding hydrogens is 338 g/mol. The number of hydrogen-bond donors (Lipinski definition) is 2. The van der Waals surface area contributed by atoms with Crippen molar-refractivity contribution in [3.8, 4) is 0 Å². The molecule has 0 bridgehead atoms. The predicted octanol–water partition coefficient (Wildman–Crippen LogP) is 3.54. The van der Waals surface area contributed by atoms with Crippen LogP contribution in [0.15, 0.2) is 42.5 Å². The molecule has 1 aliphatic heterocycles. The summed E-state index contributed by atoms with van der Waals surface area (Å²) in [5.74, 6) is -0.0879. The van der Waals surface area contributed by atoms with E-state index in [9.17, 15) is 4.79 Å². The highest BCUT2D eigenvalue weighted by Gasteiger charge is 2.15. The van der Waals surface area contributed by atoms with Gasteiger partial charge in [0.2, 0.25) is 5.91 Å². The molecule has 5 nitrogen and oxygen atoms in total. The van der Waals surface area contributed by atoms with Gasteiger partial charge in [-0.1, -0.05) is 23.7 Å². The van der Waals surface area contributed by atoms with Gasteiger partial charge in [-0.2, -0.15) is 0 Å². The van der Waals surface area contributed by atoms with E-state index in [0.717, 1.165) is 35.7 Å². The maximum Gasteiger partial charge on any atom is 0.243 e. The van der Waals surface area contributed by atoms with Crippen molar-refractivity contribution in [2.24, 2.45) is 0 Å². The third kappa shape index (κ3) is 4.65. The molecule has 0 spiro atoms. The Bertz CT molecular complexity index is 745. The summed E-state index contributed by atoms with van der Waals surface area (Å²) in [6.07, 6.45) is 0. The quantitative estimate of drug-likeness (QED) is 0.857. The maximum atomic E-state index is 12.4. The minimum atomic E-state index is -0.0879. The van der Waals surface area contributed by atoms with Gasteiger partial charge >= 0.3 is 0 Å². The molecular formula is C19H22ClN3O2. The number of ether oxygens (including phenoxy) is 1. The molecule has 0 unspecified atom stereocenters. The van der Waals surface area contributed by atoms with E-state index in [1.54, 1.807) is 0 Å². The van der Waals surface area contributed by atoms with E-state index in [0.29, 0.717) is 18.2 Å². The number of anilines is 3. The van der Waals surface area contributed by atoms with Crippen molar-refractivity contribution >= 4 is 34.6 Å². The predicted molar refractivity (Wildman–Crippen MR) is 103 cm³/mol. The second-order valence-corrected chi connectivity index (χ2v) is 6.41. The number of hydrogen-bond acceptors (Lipinski definition) is 4. The first-order valence-electron chi connectivity index (χ1n) is 8.35.